The maximum atomic E-state index is 11.7. The molecule has 0 aliphatic heterocycles. The molecule has 0 fully saturated rings. The molecule has 0 saturated heterocycles. The molecule has 1 unspecified atom stereocenters. The number of halogens is 1. The topological polar surface area (TPSA) is 29.1 Å². The van der Waals surface area contributed by atoms with Gasteiger partial charge in [-0.2, -0.15) is 0 Å². The largest absolute Gasteiger partial charge is 0.355 e. The van der Waals surface area contributed by atoms with Crippen molar-refractivity contribution in [3.8, 4) is 0 Å². The first-order chi connectivity index (χ1) is 6.91. The van der Waals surface area contributed by atoms with Gasteiger partial charge in [0, 0.05) is 17.3 Å². The second-order valence-corrected chi connectivity index (χ2v) is 5.89. The van der Waals surface area contributed by atoms with Gasteiger partial charge in [-0.25, -0.2) is 0 Å². The van der Waals surface area contributed by atoms with Crippen molar-refractivity contribution in [2.45, 2.75) is 47.0 Å². The van der Waals surface area contributed by atoms with Crippen molar-refractivity contribution in [1.82, 2.24) is 5.32 Å². The number of carbonyl (C=O) groups is 1. The number of rotatable bonds is 6. The Bertz CT molecular complexity index is 181. The third-order valence-electron chi connectivity index (χ3n) is 2.45. The highest BCUT2D eigenvalue weighted by atomic mass is 79.9. The van der Waals surface area contributed by atoms with Crippen molar-refractivity contribution >= 4 is 21.8 Å². The summed E-state index contributed by atoms with van der Waals surface area (Å²) in [6, 6.07) is 0. The van der Waals surface area contributed by atoms with E-state index >= 15 is 0 Å². The lowest BCUT2D eigenvalue weighted by atomic mass is 9.94. The van der Waals surface area contributed by atoms with Crippen LogP contribution in [0.25, 0.3) is 0 Å². The van der Waals surface area contributed by atoms with Crippen LogP contribution in [0.4, 0.5) is 0 Å². The maximum absolute atomic E-state index is 11.7. The molecule has 1 N–H and O–H groups in total. The standard InChI is InChI=1S/C12H24BrNO/c1-5-6-10(7-8-13)9-14-11(15)12(2,3)4/h10H,5-9H2,1-4H3,(H,14,15). The zero-order chi connectivity index (χ0) is 11.9. The van der Waals surface area contributed by atoms with Gasteiger partial charge >= 0.3 is 0 Å². The summed E-state index contributed by atoms with van der Waals surface area (Å²) in [6.07, 6.45) is 3.51. The highest BCUT2D eigenvalue weighted by Crippen LogP contribution is 2.15. The van der Waals surface area contributed by atoms with Gasteiger partial charge in [-0.3, -0.25) is 4.79 Å². The Kier molecular flexibility index (Phi) is 7.24. The van der Waals surface area contributed by atoms with E-state index < -0.39 is 0 Å². The molecule has 0 aliphatic carbocycles. The number of nitrogens with one attached hydrogen (secondary N) is 1. The molecule has 0 rings (SSSR count). The molecule has 0 spiro atoms. The van der Waals surface area contributed by atoms with Crippen molar-refractivity contribution in [3.63, 3.8) is 0 Å². The molecule has 1 amide bonds. The van der Waals surface area contributed by atoms with Crippen LogP contribution in [0, 0.1) is 11.3 Å². The van der Waals surface area contributed by atoms with Crippen LogP contribution < -0.4 is 5.32 Å². The Morgan fingerprint density at radius 3 is 2.33 bits per heavy atom. The fraction of sp³-hybridized carbons (Fsp3) is 0.917. The smallest absolute Gasteiger partial charge is 0.225 e. The Morgan fingerprint density at radius 2 is 1.93 bits per heavy atom. The van der Waals surface area contributed by atoms with Gasteiger partial charge in [0.1, 0.15) is 0 Å². The Labute approximate surface area is 102 Å². The number of hydrogen-bond donors (Lipinski definition) is 1. The molecule has 0 saturated carbocycles. The van der Waals surface area contributed by atoms with Gasteiger partial charge in [-0.1, -0.05) is 50.0 Å². The zero-order valence-corrected chi connectivity index (χ0v) is 12.0. The normalized spacial score (nSPS) is 13.7. The van der Waals surface area contributed by atoms with Gasteiger partial charge in [0.2, 0.25) is 5.91 Å². The lowest BCUT2D eigenvalue weighted by Crippen LogP contribution is -2.37. The van der Waals surface area contributed by atoms with Gasteiger partial charge in [0.15, 0.2) is 0 Å². The fourth-order valence-corrected chi connectivity index (χ4v) is 2.06. The molecular weight excluding hydrogens is 254 g/mol. The summed E-state index contributed by atoms with van der Waals surface area (Å²) in [6.45, 7) is 8.84. The summed E-state index contributed by atoms with van der Waals surface area (Å²) in [5, 5.41) is 4.05. The highest BCUT2D eigenvalue weighted by Gasteiger charge is 2.21. The number of hydrogen-bond acceptors (Lipinski definition) is 1. The second-order valence-electron chi connectivity index (χ2n) is 5.09. The minimum absolute atomic E-state index is 0.151. The van der Waals surface area contributed by atoms with E-state index in [1.54, 1.807) is 0 Å². The van der Waals surface area contributed by atoms with Gasteiger partial charge in [0.05, 0.1) is 0 Å². The van der Waals surface area contributed by atoms with Gasteiger partial charge in [-0.15, -0.1) is 0 Å². The second kappa shape index (κ2) is 7.26. The monoisotopic (exact) mass is 277 g/mol. The van der Waals surface area contributed by atoms with Crippen LogP contribution in [0.3, 0.4) is 0 Å². The molecule has 15 heavy (non-hydrogen) atoms. The molecule has 1 atom stereocenters. The number of carbonyl (C=O) groups excluding carboxylic acids is 1. The van der Waals surface area contributed by atoms with Gasteiger partial charge in [0.25, 0.3) is 0 Å². The van der Waals surface area contributed by atoms with Crippen LogP contribution >= 0.6 is 15.9 Å². The predicted molar refractivity (Wildman–Crippen MR) is 69.3 cm³/mol. The summed E-state index contributed by atoms with van der Waals surface area (Å²) in [5.74, 6) is 0.763. The van der Waals surface area contributed by atoms with Gasteiger partial charge < -0.3 is 5.32 Å². The van der Waals surface area contributed by atoms with Crippen LogP contribution in [0.2, 0.25) is 0 Å². The van der Waals surface area contributed by atoms with Crippen LogP contribution in [0.15, 0.2) is 0 Å². The SMILES string of the molecule is CCCC(CCBr)CNC(=O)C(C)(C)C. The van der Waals surface area contributed by atoms with E-state index in [9.17, 15) is 4.79 Å². The lowest BCUT2D eigenvalue weighted by molar-refractivity contribution is -0.128. The van der Waals surface area contributed by atoms with E-state index in [0.717, 1.165) is 18.3 Å². The van der Waals surface area contributed by atoms with Crippen molar-refractivity contribution in [2.24, 2.45) is 11.3 Å². The third kappa shape index (κ3) is 6.93. The summed E-state index contributed by atoms with van der Waals surface area (Å²) in [7, 11) is 0. The molecule has 3 heteroatoms. The fourth-order valence-electron chi connectivity index (χ4n) is 1.41. The summed E-state index contributed by atoms with van der Waals surface area (Å²) in [5.41, 5.74) is -0.273. The minimum atomic E-state index is -0.273. The first-order valence-corrected chi connectivity index (χ1v) is 6.88. The van der Waals surface area contributed by atoms with Crippen LogP contribution in [-0.2, 0) is 4.79 Å². The quantitative estimate of drug-likeness (QED) is 0.742. The average molecular weight is 278 g/mol. The summed E-state index contributed by atoms with van der Waals surface area (Å²) >= 11 is 3.45. The van der Waals surface area contributed by atoms with Crippen molar-refractivity contribution in [1.29, 1.82) is 0 Å². The third-order valence-corrected chi connectivity index (χ3v) is 2.90. The van der Waals surface area contributed by atoms with Crippen LogP contribution in [0.5, 0.6) is 0 Å². The van der Waals surface area contributed by atoms with Crippen LogP contribution in [0.1, 0.15) is 47.0 Å². The predicted octanol–water partition coefficient (Wildman–Crippen LogP) is 3.35. The Hall–Kier alpha value is -0.0500. The number of alkyl halides is 1. The molecule has 90 valence electrons. The molecule has 2 nitrogen and oxygen atoms in total. The number of amides is 1. The molecule has 0 aromatic heterocycles. The molecule has 0 aromatic rings. The van der Waals surface area contributed by atoms with E-state index in [2.05, 4.69) is 28.2 Å². The Balaban J connectivity index is 3.93. The first kappa shape index (κ1) is 14.9. The Morgan fingerprint density at radius 1 is 1.33 bits per heavy atom. The van der Waals surface area contributed by atoms with Crippen molar-refractivity contribution in [3.05, 3.63) is 0 Å². The summed E-state index contributed by atoms with van der Waals surface area (Å²) in [4.78, 5) is 11.7. The highest BCUT2D eigenvalue weighted by molar-refractivity contribution is 9.09. The van der Waals surface area contributed by atoms with Crippen molar-refractivity contribution < 1.29 is 4.79 Å². The summed E-state index contributed by atoms with van der Waals surface area (Å²) < 4.78 is 0. The van der Waals surface area contributed by atoms with Crippen LogP contribution in [-0.4, -0.2) is 17.8 Å². The molecular formula is C12H24BrNO. The van der Waals surface area contributed by atoms with E-state index in [1.807, 2.05) is 20.8 Å². The minimum Gasteiger partial charge on any atom is -0.355 e. The van der Waals surface area contributed by atoms with Crippen molar-refractivity contribution in [2.75, 3.05) is 11.9 Å². The first-order valence-electron chi connectivity index (χ1n) is 5.76. The van der Waals surface area contributed by atoms with E-state index in [0.29, 0.717) is 5.92 Å². The maximum Gasteiger partial charge on any atom is 0.225 e. The molecule has 0 heterocycles. The molecule has 0 radical (unpaired) electrons. The molecule has 0 bridgehead atoms. The van der Waals surface area contributed by atoms with E-state index in [-0.39, 0.29) is 11.3 Å². The molecule has 0 aliphatic rings. The molecule has 0 aromatic carbocycles. The van der Waals surface area contributed by atoms with Gasteiger partial charge in [-0.05, 0) is 18.8 Å². The zero-order valence-electron chi connectivity index (χ0n) is 10.4. The van der Waals surface area contributed by atoms with E-state index in [1.165, 1.54) is 12.8 Å². The average Bonchev–Trinajstić information content (AvgIpc) is 2.12. The van der Waals surface area contributed by atoms with E-state index in [4.69, 9.17) is 0 Å². The lowest BCUT2D eigenvalue weighted by Gasteiger charge is -2.21.